The first-order chi connectivity index (χ1) is 6.59. The summed E-state index contributed by atoms with van der Waals surface area (Å²) in [6, 6.07) is 3.37. The van der Waals surface area contributed by atoms with Gasteiger partial charge in [0.15, 0.2) is 5.65 Å². The Hall–Kier alpha value is -1.36. The van der Waals surface area contributed by atoms with Gasteiger partial charge in [0.25, 0.3) is 0 Å². The van der Waals surface area contributed by atoms with Crippen LogP contribution in [-0.4, -0.2) is 20.5 Å². The Labute approximate surface area is 88.3 Å². The van der Waals surface area contributed by atoms with Crippen molar-refractivity contribution < 1.29 is 9.90 Å². The van der Waals surface area contributed by atoms with E-state index in [4.69, 9.17) is 5.11 Å². The van der Waals surface area contributed by atoms with Gasteiger partial charge in [-0.2, -0.15) is 0 Å². The van der Waals surface area contributed by atoms with Crippen LogP contribution in [0, 0.1) is 6.92 Å². The van der Waals surface area contributed by atoms with Crippen molar-refractivity contribution in [2.24, 2.45) is 0 Å². The van der Waals surface area contributed by atoms with Gasteiger partial charge in [-0.25, -0.2) is 9.78 Å². The predicted molar refractivity (Wildman–Crippen MR) is 54.6 cm³/mol. The molecule has 0 saturated heterocycles. The van der Waals surface area contributed by atoms with E-state index >= 15 is 0 Å². The maximum Gasteiger partial charge on any atom is 0.339 e. The summed E-state index contributed by atoms with van der Waals surface area (Å²) in [6.07, 6.45) is 1.68. The minimum Gasteiger partial charge on any atom is -0.478 e. The van der Waals surface area contributed by atoms with Gasteiger partial charge in [0.05, 0.1) is 4.60 Å². The molecule has 0 spiro atoms. The molecule has 0 aliphatic rings. The number of hydrogen-bond acceptors (Lipinski definition) is 2. The first kappa shape index (κ1) is 9.21. The molecule has 5 heteroatoms. The third kappa shape index (κ3) is 1.29. The van der Waals surface area contributed by atoms with E-state index in [-0.39, 0.29) is 5.56 Å². The summed E-state index contributed by atoms with van der Waals surface area (Å²) < 4.78 is 2.49. The predicted octanol–water partition coefficient (Wildman–Crippen LogP) is 2.10. The number of carboxylic acids is 1. The highest BCUT2D eigenvalue weighted by molar-refractivity contribution is 9.10. The molecular weight excluding hydrogens is 248 g/mol. The van der Waals surface area contributed by atoms with E-state index < -0.39 is 5.97 Å². The van der Waals surface area contributed by atoms with Gasteiger partial charge in [0.1, 0.15) is 5.56 Å². The topological polar surface area (TPSA) is 54.6 Å². The molecule has 72 valence electrons. The molecule has 0 amide bonds. The molecular formula is C9H7BrN2O2. The molecule has 0 unspecified atom stereocenters. The van der Waals surface area contributed by atoms with Gasteiger partial charge in [-0.1, -0.05) is 0 Å². The number of carboxylic acid groups (broad SMARTS) is 1. The maximum absolute atomic E-state index is 10.8. The fourth-order valence-electron chi connectivity index (χ4n) is 1.32. The van der Waals surface area contributed by atoms with E-state index in [1.165, 1.54) is 6.07 Å². The van der Waals surface area contributed by atoms with Crippen LogP contribution in [-0.2, 0) is 0 Å². The zero-order valence-corrected chi connectivity index (χ0v) is 8.95. The first-order valence-electron chi connectivity index (χ1n) is 3.97. The van der Waals surface area contributed by atoms with Crippen LogP contribution in [0.1, 0.15) is 16.1 Å². The molecule has 0 radical (unpaired) electrons. The number of aryl methyl sites for hydroxylation is 1. The quantitative estimate of drug-likeness (QED) is 0.794. The molecule has 2 aromatic rings. The van der Waals surface area contributed by atoms with E-state index in [2.05, 4.69) is 20.9 Å². The first-order valence-corrected chi connectivity index (χ1v) is 4.76. The average molecular weight is 255 g/mol. The van der Waals surface area contributed by atoms with Crippen molar-refractivity contribution in [2.75, 3.05) is 0 Å². The molecule has 2 aromatic heterocycles. The van der Waals surface area contributed by atoms with Crippen LogP contribution in [0.2, 0.25) is 0 Å². The Morgan fingerprint density at radius 1 is 1.64 bits per heavy atom. The van der Waals surface area contributed by atoms with Gasteiger partial charge >= 0.3 is 5.97 Å². The van der Waals surface area contributed by atoms with E-state index in [0.29, 0.717) is 5.65 Å². The van der Waals surface area contributed by atoms with Crippen molar-refractivity contribution in [3.8, 4) is 0 Å². The van der Waals surface area contributed by atoms with E-state index in [1.807, 2.05) is 13.0 Å². The second-order valence-corrected chi connectivity index (χ2v) is 3.76. The number of hydrogen-bond donors (Lipinski definition) is 1. The maximum atomic E-state index is 10.8. The third-order valence-corrected chi connectivity index (χ3v) is 2.54. The molecule has 2 rings (SSSR count). The Morgan fingerprint density at radius 3 is 3.00 bits per heavy atom. The monoisotopic (exact) mass is 254 g/mol. The Morgan fingerprint density at radius 2 is 2.36 bits per heavy atom. The van der Waals surface area contributed by atoms with Crippen LogP contribution in [0.4, 0.5) is 0 Å². The number of halogens is 1. The molecule has 0 fully saturated rings. The summed E-state index contributed by atoms with van der Waals surface area (Å²) >= 11 is 3.34. The number of fused-ring (bicyclic) bond motifs is 1. The van der Waals surface area contributed by atoms with Gasteiger partial charge < -0.3 is 5.11 Å². The van der Waals surface area contributed by atoms with Gasteiger partial charge in [0, 0.05) is 11.9 Å². The van der Waals surface area contributed by atoms with Gasteiger partial charge in [-0.3, -0.25) is 4.40 Å². The summed E-state index contributed by atoms with van der Waals surface area (Å²) in [5.74, 6) is -0.961. The molecule has 2 heterocycles. The molecule has 0 bridgehead atoms. The smallest absolute Gasteiger partial charge is 0.339 e. The molecule has 14 heavy (non-hydrogen) atoms. The normalized spacial score (nSPS) is 10.7. The van der Waals surface area contributed by atoms with Crippen LogP contribution in [0.15, 0.2) is 22.9 Å². The zero-order valence-electron chi connectivity index (χ0n) is 7.36. The van der Waals surface area contributed by atoms with Crippen molar-refractivity contribution in [3.63, 3.8) is 0 Å². The SMILES string of the molecule is Cc1cc(Br)n2ccc(C(=O)O)c2n1. The van der Waals surface area contributed by atoms with Crippen LogP contribution in [0.25, 0.3) is 5.65 Å². The fraction of sp³-hybridized carbons (Fsp3) is 0.111. The van der Waals surface area contributed by atoms with Gasteiger partial charge in [0.2, 0.25) is 0 Å². The van der Waals surface area contributed by atoms with Crippen molar-refractivity contribution in [1.29, 1.82) is 0 Å². The third-order valence-electron chi connectivity index (χ3n) is 1.93. The number of rotatable bonds is 1. The van der Waals surface area contributed by atoms with Gasteiger partial charge in [-0.15, -0.1) is 0 Å². The molecule has 0 aliphatic heterocycles. The standard InChI is InChI=1S/C9H7BrN2O2/c1-5-4-7(10)12-3-2-6(9(13)14)8(12)11-5/h2-4H,1H3,(H,13,14). The molecule has 0 aliphatic carbocycles. The van der Waals surface area contributed by atoms with Crippen LogP contribution in [0.5, 0.6) is 0 Å². The highest BCUT2D eigenvalue weighted by atomic mass is 79.9. The highest BCUT2D eigenvalue weighted by Crippen LogP contribution is 2.18. The van der Waals surface area contributed by atoms with Crippen LogP contribution < -0.4 is 0 Å². The van der Waals surface area contributed by atoms with Crippen molar-refractivity contribution in [3.05, 3.63) is 34.2 Å². The Bertz CT molecular complexity index is 519. The molecule has 0 saturated carbocycles. The lowest BCUT2D eigenvalue weighted by Crippen LogP contribution is -1.99. The second kappa shape index (κ2) is 3.09. The largest absolute Gasteiger partial charge is 0.478 e. The molecule has 0 atom stereocenters. The Balaban J connectivity index is 2.85. The number of nitrogens with zero attached hydrogens (tertiary/aromatic N) is 2. The number of aromatic nitrogens is 2. The van der Waals surface area contributed by atoms with E-state index in [1.54, 1.807) is 10.6 Å². The number of carbonyl (C=O) groups is 1. The zero-order chi connectivity index (χ0) is 10.3. The van der Waals surface area contributed by atoms with Crippen LogP contribution >= 0.6 is 15.9 Å². The lowest BCUT2D eigenvalue weighted by molar-refractivity contribution is 0.0699. The molecule has 1 N–H and O–H groups in total. The van der Waals surface area contributed by atoms with Crippen molar-refractivity contribution in [1.82, 2.24) is 9.38 Å². The van der Waals surface area contributed by atoms with Crippen LogP contribution in [0.3, 0.4) is 0 Å². The highest BCUT2D eigenvalue weighted by Gasteiger charge is 2.12. The molecule has 4 nitrogen and oxygen atoms in total. The van der Waals surface area contributed by atoms with Crippen molar-refractivity contribution in [2.45, 2.75) is 6.92 Å². The lowest BCUT2D eigenvalue weighted by atomic mass is 10.3. The Kier molecular flexibility index (Phi) is 2.03. The fourth-order valence-corrected chi connectivity index (χ4v) is 1.94. The van der Waals surface area contributed by atoms with E-state index in [9.17, 15) is 4.79 Å². The number of aromatic carboxylic acids is 1. The average Bonchev–Trinajstić information content (AvgIpc) is 2.47. The van der Waals surface area contributed by atoms with Gasteiger partial charge in [-0.05, 0) is 35.0 Å². The summed E-state index contributed by atoms with van der Waals surface area (Å²) in [5.41, 5.74) is 1.46. The second-order valence-electron chi connectivity index (χ2n) is 2.95. The van der Waals surface area contributed by atoms with Crippen molar-refractivity contribution >= 4 is 27.5 Å². The summed E-state index contributed by atoms with van der Waals surface area (Å²) in [7, 11) is 0. The lowest BCUT2D eigenvalue weighted by Gasteiger charge is -2.00. The summed E-state index contributed by atoms with van der Waals surface area (Å²) in [6.45, 7) is 1.82. The summed E-state index contributed by atoms with van der Waals surface area (Å²) in [5, 5.41) is 8.88. The minimum absolute atomic E-state index is 0.217. The summed E-state index contributed by atoms with van der Waals surface area (Å²) in [4.78, 5) is 15.0. The molecule has 0 aromatic carbocycles. The van der Waals surface area contributed by atoms with E-state index in [0.717, 1.165) is 10.3 Å². The minimum atomic E-state index is -0.961.